The lowest BCUT2D eigenvalue weighted by Crippen LogP contribution is -2.33. The molecule has 1 aliphatic rings. The van der Waals surface area contributed by atoms with Crippen LogP contribution in [-0.2, 0) is 5.67 Å². The number of alkyl halides is 1. The van der Waals surface area contributed by atoms with Gasteiger partial charge in [-0.25, -0.2) is 4.39 Å². The highest BCUT2D eigenvalue weighted by atomic mass is 19.1. The van der Waals surface area contributed by atoms with E-state index in [0.717, 1.165) is 29.5 Å². The fraction of sp³-hybridized carbons (Fsp3) is 0.538. The standard InChI is InChI=1S/C13H18FN/c1-9-4-3-5-12(10(9)2)13(14,8-15)11-6-7-11/h3-5,11H,6-8,15H2,1-2H3. The van der Waals surface area contributed by atoms with Gasteiger partial charge in [-0.15, -0.1) is 0 Å². The van der Waals surface area contributed by atoms with E-state index in [1.807, 2.05) is 32.0 Å². The van der Waals surface area contributed by atoms with Crippen LogP contribution < -0.4 is 5.73 Å². The minimum absolute atomic E-state index is 0.0992. The van der Waals surface area contributed by atoms with Crippen LogP contribution in [0.25, 0.3) is 0 Å². The van der Waals surface area contributed by atoms with Crippen molar-refractivity contribution in [2.24, 2.45) is 11.7 Å². The van der Waals surface area contributed by atoms with E-state index in [2.05, 4.69) is 0 Å². The summed E-state index contributed by atoms with van der Waals surface area (Å²) >= 11 is 0. The minimum Gasteiger partial charge on any atom is -0.327 e. The second-order valence-corrected chi connectivity index (χ2v) is 4.59. The molecule has 1 aliphatic carbocycles. The molecule has 1 unspecified atom stereocenters. The Bertz CT molecular complexity index is 371. The van der Waals surface area contributed by atoms with E-state index >= 15 is 0 Å². The van der Waals surface area contributed by atoms with Crippen LogP contribution in [0.15, 0.2) is 18.2 Å². The first-order chi connectivity index (χ1) is 7.09. The molecule has 0 radical (unpaired) electrons. The predicted octanol–water partition coefficient (Wildman–Crippen LogP) is 2.84. The lowest BCUT2D eigenvalue weighted by Gasteiger charge is -2.26. The van der Waals surface area contributed by atoms with Gasteiger partial charge in [-0.3, -0.25) is 0 Å². The zero-order valence-corrected chi connectivity index (χ0v) is 9.39. The molecular weight excluding hydrogens is 189 g/mol. The van der Waals surface area contributed by atoms with Gasteiger partial charge in [0.25, 0.3) is 0 Å². The van der Waals surface area contributed by atoms with Crippen molar-refractivity contribution in [1.29, 1.82) is 0 Å². The Morgan fingerprint density at radius 1 is 1.40 bits per heavy atom. The van der Waals surface area contributed by atoms with Gasteiger partial charge in [-0.2, -0.15) is 0 Å². The van der Waals surface area contributed by atoms with Crippen LogP contribution >= 0.6 is 0 Å². The van der Waals surface area contributed by atoms with Gasteiger partial charge in [-0.1, -0.05) is 18.2 Å². The summed E-state index contributed by atoms with van der Waals surface area (Å²) in [5, 5.41) is 0. The summed E-state index contributed by atoms with van der Waals surface area (Å²) in [6, 6.07) is 5.82. The molecule has 0 amide bonds. The fourth-order valence-electron chi connectivity index (χ4n) is 2.24. The molecule has 0 bridgehead atoms. The Labute approximate surface area is 90.5 Å². The van der Waals surface area contributed by atoms with Gasteiger partial charge in [0, 0.05) is 6.54 Å². The number of aryl methyl sites for hydroxylation is 1. The number of nitrogens with two attached hydrogens (primary N) is 1. The lowest BCUT2D eigenvalue weighted by atomic mass is 9.86. The number of benzene rings is 1. The van der Waals surface area contributed by atoms with Crippen molar-refractivity contribution in [3.8, 4) is 0 Å². The van der Waals surface area contributed by atoms with Gasteiger partial charge in [0.05, 0.1) is 0 Å². The van der Waals surface area contributed by atoms with Gasteiger partial charge < -0.3 is 5.73 Å². The molecule has 1 fully saturated rings. The molecule has 0 spiro atoms. The lowest BCUT2D eigenvalue weighted by molar-refractivity contribution is 0.142. The minimum atomic E-state index is -1.30. The highest BCUT2D eigenvalue weighted by molar-refractivity contribution is 5.38. The normalized spacial score (nSPS) is 20.0. The zero-order chi connectivity index (χ0) is 11.1. The molecule has 1 saturated carbocycles. The summed E-state index contributed by atoms with van der Waals surface area (Å²) in [7, 11) is 0. The van der Waals surface area contributed by atoms with Crippen molar-refractivity contribution in [2.45, 2.75) is 32.4 Å². The Morgan fingerprint density at radius 3 is 2.60 bits per heavy atom. The average Bonchev–Trinajstić information content (AvgIpc) is 3.05. The number of hydrogen-bond acceptors (Lipinski definition) is 1. The Morgan fingerprint density at radius 2 is 2.07 bits per heavy atom. The third-order valence-corrected chi connectivity index (χ3v) is 3.57. The Kier molecular flexibility index (Phi) is 2.55. The molecule has 0 aliphatic heterocycles. The van der Waals surface area contributed by atoms with E-state index < -0.39 is 5.67 Å². The quantitative estimate of drug-likeness (QED) is 0.810. The highest BCUT2D eigenvalue weighted by Crippen LogP contribution is 2.48. The van der Waals surface area contributed by atoms with Crippen molar-refractivity contribution in [2.75, 3.05) is 6.54 Å². The second kappa shape index (κ2) is 3.60. The molecule has 0 saturated heterocycles. The van der Waals surface area contributed by atoms with Crippen LogP contribution in [0.2, 0.25) is 0 Å². The summed E-state index contributed by atoms with van der Waals surface area (Å²) in [6.07, 6.45) is 1.95. The molecule has 0 heterocycles. The molecule has 1 aromatic carbocycles. The van der Waals surface area contributed by atoms with E-state index in [1.165, 1.54) is 0 Å². The summed E-state index contributed by atoms with van der Waals surface area (Å²) in [6.45, 7) is 4.10. The zero-order valence-electron chi connectivity index (χ0n) is 9.39. The molecule has 1 nitrogen and oxygen atoms in total. The van der Waals surface area contributed by atoms with Crippen molar-refractivity contribution in [3.05, 3.63) is 34.9 Å². The summed E-state index contributed by atoms with van der Waals surface area (Å²) in [5.41, 5.74) is 7.32. The number of halogens is 1. The maximum atomic E-state index is 14.8. The van der Waals surface area contributed by atoms with Gasteiger partial charge >= 0.3 is 0 Å². The van der Waals surface area contributed by atoms with Crippen molar-refractivity contribution >= 4 is 0 Å². The molecule has 1 aromatic rings. The molecule has 1 atom stereocenters. The predicted molar refractivity (Wildman–Crippen MR) is 60.5 cm³/mol. The number of hydrogen-bond donors (Lipinski definition) is 1. The molecule has 0 aromatic heterocycles. The topological polar surface area (TPSA) is 26.0 Å². The second-order valence-electron chi connectivity index (χ2n) is 4.59. The van der Waals surface area contributed by atoms with E-state index in [9.17, 15) is 4.39 Å². The first-order valence-corrected chi connectivity index (χ1v) is 5.55. The third kappa shape index (κ3) is 1.67. The molecule has 2 N–H and O–H groups in total. The number of rotatable bonds is 3. The SMILES string of the molecule is Cc1cccc(C(F)(CN)C2CC2)c1C. The van der Waals surface area contributed by atoms with E-state index in [4.69, 9.17) is 5.73 Å². The molecule has 2 rings (SSSR count). The maximum absolute atomic E-state index is 14.8. The molecule has 2 heteroatoms. The summed E-state index contributed by atoms with van der Waals surface area (Å²) < 4.78 is 14.8. The third-order valence-electron chi connectivity index (χ3n) is 3.57. The van der Waals surface area contributed by atoms with E-state index in [-0.39, 0.29) is 12.5 Å². The smallest absolute Gasteiger partial charge is 0.151 e. The van der Waals surface area contributed by atoms with E-state index in [1.54, 1.807) is 0 Å². The largest absolute Gasteiger partial charge is 0.327 e. The summed E-state index contributed by atoms with van der Waals surface area (Å²) in [4.78, 5) is 0. The Hall–Kier alpha value is -0.890. The monoisotopic (exact) mass is 207 g/mol. The first kappa shape index (κ1) is 10.6. The van der Waals surface area contributed by atoms with Gasteiger partial charge in [0.15, 0.2) is 5.67 Å². The van der Waals surface area contributed by atoms with Crippen LogP contribution in [0.5, 0.6) is 0 Å². The van der Waals surface area contributed by atoms with E-state index in [0.29, 0.717) is 0 Å². The molecular formula is C13H18FN. The maximum Gasteiger partial charge on any atom is 0.151 e. The first-order valence-electron chi connectivity index (χ1n) is 5.55. The summed E-state index contributed by atoms with van der Waals surface area (Å²) in [5.74, 6) is 0.142. The fourth-order valence-corrected chi connectivity index (χ4v) is 2.24. The van der Waals surface area contributed by atoms with Crippen molar-refractivity contribution in [3.63, 3.8) is 0 Å². The van der Waals surface area contributed by atoms with Crippen LogP contribution in [0.1, 0.15) is 29.5 Å². The van der Waals surface area contributed by atoms with Gasteiger partial charge in [0.2, 0.25) is 0 Å². The molecule has 82 valence electrons. The van der Waals surface area contributed by atoms with Crippen molar-refractivity contribution < 1.29 is 4.39 Å². The van der Waals surface area contributed by atoms with Crippen LogP contribution in [-0.4, -0.2) is 6.54 Å². The van der Waals surface area contributed by atoms with Gasteiger partial charge in [0.1, 0.15) is 0 Å². The van der Waals surface area contributed by atoms with Crippen LogP contribution in [0.3, 0.4) is 0 Å². The van der Waals surface area contributed by atoms with Crippen LogP contribution in [0, 0.1) is 19.8 Å². The van der Waals surface area contributed by atoms with Crippen molar-refractivity contribution in [1.82, 2.24) is 0 Å². The van der Waals surface area contributed by atoms with Gasteiger partial charge in [-0.05, 0) is 49.3 Å². The molecule has 15 heavy (non-hydrogen) atoms. The highest BCUT2D eigenvalue weighted by Gasteiger charge is 2.46. The Balaban J connectivity index is 2.46. The van der Waals surface area contributed by atoms with Crippen LogP contribution in [0.4, 0.5) is 4.39 Å². The average molecular weight is 207 g/mol.